The van der Waals surface area contributed by atoms with Crippen LogP contribution in [-0.2, 0) is 11.3 Å². The van der Waals surface area contributed by atoms with E-state index in [1.54, 1.807) is 10.6 Å². The van der Waals surface area contributed by atoms with Crippen LogP contribution < -0.4 is 5.56 Å². The minimum absolute atomic E-state index is 0.114. The van der Waals surface area contributed by atoms with Crippen LogP contribution in [0.1, 0.15) is 50.8 Å². The van der Waals surface area contributed by atoms with E-state index in [9.17, 15) is 9.59 Å². The van der Waals surface area contributed by atoms with Gasteiger partial charge in [0.25, 0.3) is 5.56 Å². The topological polar surface area (TPSA) is 59.3 Å². The third kappa shape index (κ3) is 4.09. The second-order valence-corrected chi connectivity index (χ2v) is 4.85. The average Bonchev–Trinajstić information content (AvgIpc) is 2.35. The monoisotopic (exact) mass is 263 g/mol. The van der Waals surface area contributed by atoms with Gasteiger partial charge in [-0.1, -0.05) is 27.2 Å². The van der Waals surface area contributed by atoms with Crippen LogP contribution in [0.4, 0.5) is 0 Å². The minimum atomic E-state index is -1.05. The molecule has 0 radical (unpaired) electrons. The van der Waals surface area contributed by atoms with E-state index >= 15 is 0 Å². The fraction of sp³-hybridized carbons (Fsp3) is 0.467. The molecule has 104 valence electrons. The Labute approximate surface area is 113 Å². The summed E-state index contributed by atoms with van der Waals surface area (Å²) in [5, 5.41) is 8.62. The molecule has 0 aliphatic carbocycles. The molecule has 0 amide bonds. The summed E-state index contributed by atoms with van der Waals surface area (Å²) in [6.45, 7) is 6.85. The largest absolute Gasteiger partial charge is 0.478 e. The fourth-order valence-corrected chi connectivity index (χ4v) is 1.95. The first-order chi connectivity index (χ1) is 8.97. The summed E-state index contributed by atoms with van der Waals surface area (Å²) < 4.78 is 1.76. The van der Waals surface area contributed by atoms with Crippen LogP contribution in [0.25, 0.3) is 6.08 Å². The van der Waals surface area contributed by atoms with Crippen molar-refractivity contribution in [1.29, 1.82) is 0 Å². The maximum Gasteiger partial charge on any atom is 0.328 e. The highest BCUT2D eigenvalue weighted by Crippen LogP contribution is 2.14. The zero-order chi connectivity index (χ0) is 14.4. The summed E-state index contributed by atoms with van der Waals surface area (Å²) in [5.74, 6) is -0.783. The molecule has 0 saturated heterocycles. The first-order valence-corrected chi connectivity index (χ1v) is 6.62. The van der Waals surface area contributed by atoms with Crippen LogP contribution in [-0.4, -0.2) is 15.6 Å². The molecule has 1 rings (SSSR count). The van der Waals surface area contributed by atoms with Crippen molar-refractivity contribution in [2.75, 3.05) is 0 Å². The predicted octanol–water partition coefficient (Wildman–Crippen LogP) is 2.87. The Kier molecular flexibility index (Phi) is 5.55. The van der Waals surface area contributed by atoms with Crippen molar-refractivity contribution >= 4 is 12.0 Å². The SMILES string of the molecule is CCCCn1c(C(C)C)ccc(/C=C/C(=O)O)c1=O. The second-order valence-electron chi connectivity index (χ2n) is 4.85. The smallest absolute Gasteiger partial charge is 0.328 e. The van der Waals surface area contributed by atoms with Gasteiger partial charge in [-0.2, -0.15) is 0 Å². The maximum atomic E-state index is 12.3. The van der Waals surface area contributed by atoms with E-state index in [2.05, 4.69) is 6.92 Å². The highest BCUT2D eigenvalue weighted by molar-refractivity contribution is 5.85. The molecule has 0 bridgehead atoms. The van der Waals surface area contributed by atoms with E-state index in [0.717, 1.165) is 24.6 Å². The molecule has 4 nitrogen and oxygen atoms in total. The molecule has 0 aliphatic heterocycles. The Morgan fingerprint density at radius 1 is 1.42 bits per heavy atom. The van der Waals surface area contributed by atoms with E-state index in [0.29, 0.717) is 12.1 Å². The van der Waals surface area contributed by atoms with Crippen molar-refractivity contribution in [1.82, 2.24) is 4.57 Å². The van der Waals surface area contributed by atoms with Gasteiger partial charge >= 0.3 is 5.97 Å². The normalized spacial score (nSPS) is 11.4. The van der Waals surface area contributed by atoms with E-state index in [1.165, 1.54) is 6.08 Å². The number of aromatic nitrogens is 1. The molecule has 0 spiro atoms. The number of carbonyl (C=O) groups is 1. The van der Waals surface area contributed by atoms with E-state index in [4.69, 9.17) is 5.11 Å². The van der Waals surface area contributed by atoms with Gasteiger partial charge in [0.15, 0.2) is 0 Å². The van der Waals surface area contributed by atoms with Crippen molar-refractivity contribution in [3.63, 3.8) is 0 Å². The van der Waals surface area contributed by atoms with Crippen LogP contribution in [0, 0.1) is 0 Å². The zero-order valence-corrected chi connectivity index (χ0v) is 11.7. The summed E-state index contributed by atoms with van der Waals surface area (Å²) in [6.07, 6.45) is 4.30. The Morgan fingerprint density at radius 2 is 2.11 bits per heavy atom. The summed E-state index contributed by atoms with van der Waals surface area (Å²) >= 11 is 0. The molecule has 1 heterocycles. The molecule has 0 saturated carbocycles. The summed E-state index contributed by atoms with van der Waals surface area (Å²) in [4.78, 5) is 22.9. The molecule has 0 aliphatic rings. The number of carboxylic acid groups (broad SMARTS) is 1. The summed E-state index contributed by atoms with van der Waals surface area (Å²) in [7, 11) is 0. The van der Waals surface area contributed by atoms with Gasteiger partial charge in [-0.25, -0.2) is 4.79 Å². The van der Waals surface area contributed by atoms with Gasteiger partial charge in [-0.15, -0.1) is 0 Å². The van der Waals surface area contributed by atoms with Crippen molar-refractivity contribution < 1.29 is 9.90 Å². The predicted molar refractivity (Wildman–Crippen MR) is 76.4 cm³/mol. The number of carboxylic acids is 1. The summed E-state index contributed by atoms with van der Waals surface area (Å²) in [6, 6.07) is 3.60. The Hall–Kier alpha value is -1.84. The average molecular weight is 263 g/mol. The standard InChI is InChI=1S/C15H21NO3/c1-4-5-10-16-13(11(2)3)8-6-12(15(16)19)7-9-14(17)18/h6-9,11H,4-5,10H2,1-3H3,(H,17,18)/b9-7+. The zero-order valence-electron chi connectivity index (χ0n) is 11.7. The number of nitrogens with zero attached hydrogens (tertiary/aromatic N) is 1. The van der Waals surface area contributed by atoms with E-state index in [-0.39, 0.29) is 11.5 Å². The van der Waals surface area contributed by atoms with Gasteiger partial charge in [0.05, 0.1) is 0 Å². The van der Waals surface area contributed by atoms with Gasteiger partial charge in [-0.05, 0) is 30.5 Å². The lowest BCUT2D eigenvalue weighted by Gasteiger charge is -2.16. The Bertz CT molecular complexity index is 527. The molecular formula is C15H21NO3. The number of rotatable bonds is 6. The lowest BCUT2D eigenvalue weighted by Crippen LogP contribution is -2.26. The number of hydrogen-bond donors (Lipinski definition) is 1. The molecule has 0 fully saturated rings. The molecule has 0 aromatic carbocycles. The number of pyridine rings is 1. The van der Waals surface area contributed by atoms with Crippen LogP contribution in [0.2, 0.25) is 0 Å². The molecule has 4 heteroatoms. The van der Waals surface area contributed by atoms with Gasteiger partial charge in [0, 0.05) is 23.9 Å². The quantitative estimate of drug-likeness (QED) is 0.803. The molecule has 1 aromatic rings. The lowest BCUT2D eigenvalue weighted by molar-refractivity contribution is -0.131. The van der Waals surface area contributed by atoms with Crippen LogP contribution in [0.3, 0.4) is 0 Å². The molecule has 19 heavy (non-hydrogen) atoms. The van der Waals surface area contributed by atoms with Crippen molar-refractivity contribution in [3.8, 4) is 0 Å². The van der Waals surface area contributed by atoms with Crippen molar-refractivity contribution in [3.05, 3.63) is 39.8 Å². The van der Waals surface area contributed by atoms with E-state index < -0.39 is 5.97 Å². The molecule has 0 unspecified atom stereocenters. The van der Waals surface area contributed by atoms with Crippen molar-refractivity contribution in [2.45, 2.75) is 46.1 Å². The number of aliphatic carboxylic acids is 1. The minimum Gasteiger partial charge on any atom is -0.478 e. The molecular weight excluding hydrogens is 242 g/mol. The Balaban J connectivity index is 3.25. The van der Waals surface area contributed by atoms with Crippen LogP contribution in [0.15, 0.2) is 23.0 Å². The number of unbranched alkanes of at least 4 members (excludes halogenated alkanes) is 1. The third-order valence-corrected chi connectivity index (χ3v) is 2.97. The maximum absolute atomic E-state index is 12.3. The van der Waals surface area contributed by atoms with Gasteiger partial charge in [-0.3, -0.25) is 4.79 Å². The molecule has 0 atom stereocenters. The molecule has 1 N–H and O–H groups in total. The highest BCUT2D eigenvalue weighted by Gasteiger charge is 2.10. The first kappa shape index (κ1) is 15.2. The highest BCUT2D eigenvalue weighted by atomic mass is 16.4. The fourth-order valence-electron chi connectivity index (χ4n) is 1.95. The molecule has 1 aromatic heterocycles. The van der Waals surface area contributed by atoms with E-state index in [1.807, 2.05) is 19.9 Å². The number of hydrogen-bond acceptors (Lipinski definition) is 2. The van der Waals surface area contributed by atoms with Gasteiger partial charge in [0.1, 0.15) is 0 Å². The van der Waals surface area contributed by atoms with Crippen LogP contribution >= 0.6 is 0 Å². The van der Waals surface area contributed by atoms with Crippen LogP contribution in [0.5, 0.6) is 0 Å². The lowest BCUT2D eigenvalue weighted by atomic mass is 10.1. The first-order valence-electron chi connectivity index (χ1n) is 6.62. The van der Waals surface area contributed by atoms with Crippen molar-refractivity contribution in [2.24, 2.45) is 0 Å². The van der Waals surface area contributed by atoms with Gasteiger partial charge < -0.3 is 9.67 Å². The second kappa shape index (κ2) is 6.92. The summed E-state index contributed by atoms with van der Waals surface area (Å²) in [5.41, 5.74) is 1.30. The Morgan fingerprint density at radius 3 is 2.63 bits per heavy atom. The third-order valence-electron chi connectivity index (χ3n) is 2.97. The van der Waals surface area contributed by atoms with Gasteiger partial charge in [0.2, 0.25) is 0 Å².